The van der Waals surface area contributed by atoms with Crippen LogP contribution in [0.25, 0.3) is 0 Å². The summed E-state index contributed by atoms with van der Waals surface area (Å²) in [5.74, 6) is 0.165. The van der Waals surface area contributed by atoms with Gasteiger partial charge >= 0.3 is 0 Å². The molecule has 2 heterocycles. The predicted molar refractivity (Wildman–Crippen MR) is 104 cm³/mol. The van der Waals surface area contributed by atoms with E-state index in [-0.39, 0.29) is 36.7 Å². The molecule has 150 valence electrons. The quantitative estimate of drug-likeness (QED) is 0.812. The second kappa shape index (κ2) is 8.43. The van der Waals surface area contributed by atoms with Crippen molar-refractivity contribution in [3.8, 4) is 0 Å². The number of nitrogens with one attached hydrogen (secondary N) is 1. The van der Waals surface area contributed by atoms with Crippen molar-refractivity contribution in [3.05, 3.63) is 35.9 Å². The van der Waals surface area contributed by atoms with E-state index in [1.807, 2.05) is 30.3 Å². The number of hydrogen-bond donors (Lipinski definition) is 1. The molecule has 1 aromatic rings. The molecule has 2 aliphatic heterocycles. The van der Waals surface area contributed by atoms with Gasteiger partial charge in [-0.15, -0.1) is 0 Å². The number of fused-ring (bicyclic) bond motifs is 1. The van der Waals surface area contributed by atoms with E-state index < -0.39 is 12.1 Å². The van der Waals surface area contributed by atoms with Gasteiger partial charge in [0.05, 0.1) is 12.5 Å². The maximum Gasteiger partial charge on any atom is 0.245 e. The van der Waals surface area contributed by atoms with Crippen molar-refractivity contribution in [1.29, 1.82) is 0 Å². The number of amides is 2. The topological polar surface area (TPSA) is 75.7 Å². The zero-order chi connectivity index (χ0) is 19.5. The molecular weight excluding hydrogens is 356 g/mol. The van der Waals surface area contributed by atoms with Crippen LogP contribution in [0.4, 0.5) is 0 Å². The van der Waals surface area contributed by atoms with Crippen LogP contribution in [0.15, 0.2) is 30.3 Å². The number of carbonyl (C=O) groups excluding carboxylic acids is 3. The maximum atomic E-state index is 13.3. The van der Waals surface area contributed by atoms with E-state index in [4.69, 9.17) is 4.74 Å². The summed E-state index contributed by atoms with van der Waals surface area (Å²) in [5, 5.41) is 2.98. The molecule has 3 unspecified atom stereocenters. The van der Waals surface area contributed by atoms with E-state index in [1.54, 1.807) is 4.90 Å². The first kappa shape index (κ1) is 19.1. The molecule has 6 nitrogen and oxygen atoms in total. The highest BCUT2D eigenvalue weighted by Gasteiger charge is 2.48. The number of ketones is 1. The molecule has 1 saturated carbocycles. The van der Waals surface area contributed by atoms with Gasteiger partial charge in [0, 0.05) is 6.54 Å². The van der Waals surface area contributed by atoms with Crippen molar-refractivity contribution in [1.82, 2.24) is 10.2 Å². The maximum absolute atomic E-state index is 13.3. The van der Waals surface area contributed by atoms with E-state index in [1.165, 1.54) is 12.8 Å². The van der Waals surface area contributed by atoms with Gasteiger partial charge in [-0.25, -0.2) is 0 Å². The van der Waals surface area contributed by atoms with Crippen molar-refractivity contribution in [2.75, 3.05) is 13.2 Å². The lowest BCUT2D eigenvalue weighted by molar-refractivity contribution is -0.140. The van der Waals surface area contributed by atoms with Crippen LogP contribution < -0.4 is 5.32 Å². The number of carbonyl (C=O) groups is 3. The minimum absolute atomic E-state index is 0.0221. The van der Waals surface area contributed by atoms with Gasteiger partial charge in [-0.2, -0.15) is 0 Å². The van der Waals surface area contributed by atoms with Gasteiger partial charge in [-0.1, -0.05) is 56.0 Å². The Bertz CT molecular complexity index is 729. The highest BCUT2D eigenvalue weighted by molar-refractivity contribution is 5.95. The average Bonchev–Trinajstić information content (AvgIpc) is 3.41. The number of nitrogens with zero attached hydrogens (tertiary/aromatic N) is 1. The molecule has 1 aromatic carbocycles. The van der Waals surface area contributed by atoms with Crippen LogP contribution in [0.3, 0.4) is 0 Å². The van der Waals surface area contributed by atoms with Gasteiger partial charge in [0.25, 0.3) is 0 Å². The number of rotatable bonds is 6. The summed E-state index contributed by atoms with van der Waals surface area (Å²) in [6.45, 7) is 0.613. The zero-order valence-electron chi connectivity index (χ0n) is 16.1. The largest absolute Gasteiger partial charge is 0.368 e. The van der Waals surface area contributed by atoms with Crippen molar-refractivity contribution < 1.29 is 19.1 Å². The monoisotopic (exact) mass is 384 g/mol. The first-order valence-electron chi connectivity index (χ1n) is 10.4. The normalized spacial score (nSPS) is 25.7. The van der Waals surface area contributed by atoms with Gasteiger partial charge in [-0.3, -0.25) is 14.4 Å². The fraction of sp³-hybridized carbons (Fsp3) is 0.591. The van der Waals surface area contributed by atoms with Crippen molar-refractivity contribution in [3.63, 3.8) is 0 Å². The standard InChI is InChI=1S/C22H28N2O4/c25-18-14-28-19-10-11-24(21(18)19)22(27)17(12-15-8-4-5-9-15)23-20(26)13-16-6-2-1-3-7-16/h1-3,6-7,15,17,19,21H,4-5,8-14H2,(H,23,26). The molecule has 3 fully saturated rings. The summed E-state index contributed by atoms with van der Waals surface area (Å²) >= 11 is 0. The summed E-state index contributed by atoms with van der Waals surface area (Å²) in [6.07, 6.45) is 6.00. The Labute approximate surface area is 165 Å². The van der Waals surface area contributed by atoms with Crippen LogP contribution >= 0.6 is 0 Å². The summed E-state index contributed by atoms with van der Waals surface area (Å²) in [7, 11) is 0. The Morgan fingerprint density at radius 3 is 2.64 bits per heavy atom. The van der Waals surface area contributed by atoms with Crippen LogP contribution in [-0.4, -0.2) is 53.8 Å². The number of benzene rings is 1. The smallest absolute Gasteiger partial charge is 0.245 e. The van der Waals surface area contributed by atoms with Crippen LogP contribution in [0.2, 0.25) is 0 Å². The third-order valence-corrected chi connectivity index (χ3v) is 6.28. The highest BCUT2D eigenvalue weighted by atomic mass is 16.5. The Balaban J connectivity index is 1.45. The molecule has 6 heteroatoms. The fourth-order valence-corrected chi connectivity index (χ4v) is 4.87. The first-order valence-corrected chi connectivity index (χ1v) is 10.4. The van der Waals surface area contributed by atoms with Crippen molar-refractivity contribution in [2.24, 2.45) is 5.92 Å². The first-order chi connectivity index (χ1) is 13.6. The van der Waals surface area contributed by atoms with Crippen LogP contribution in [0.1, 0.15) is 44.1 Å². The average molecular weight is 384 g/mol. The highest BCUT2D eigenvalue weighted by Crippen LogP contribution is 2.31. The fourth-order valence-electron chi connectivity index (χ4n) is 4.87. The molecule has 0 aromatic heterocycles. The van der Waals surface area contributed by atoms with Crippen LogP contribution in [0, 0.1) is 5.92 Å². The summed E-state index contributed by atoms with van der Waals surface area (Å²) in [4.78, 5) is 39.8. The minimum atomic E-state index is -0.563. The number of ether oxygens (including phenoxy) is 1. The minimum Gasteiger partial charge on any atom is -0.368 e. The number of Topliss-reactive ketones (excluding diaryl/α,β-unsaturated/α-hetero) is 1. The summed E-state index contributed by atoms with van der Waals surface area (Å²) in [6, 6.07) is 8.51. The predicted octanol–water partition coefficient (Wildman–Crippen LogP) is 1.86. The van der Waals surface area contributed by atoms with Crippen molar-refractivity contribution in [2.45, 2.75) is 63.1 Å². The molecule has 0 radical (unpaired) electrons. The van der Waals surface area contributed by atoms with E-state index in [0.29, 0.717) is 25.3 Å². The summed E-state index contributed by atoms with van der Waals surface area (Å²) < 4.78 is 5.51. The second-order valence-corrected chi connectivity index (χ2v) is 8.25. The molecule has 3 atom stereocenters. The lowest BCUT2D eigenvalue weighted by Gasteiger charge is -2.29. The van der Waals surface area contributed by atoms with Gasteiger partial charge in [-0.05, 0) is 24.3 Å². The Morgan fingerprint density at radius 1 is 1.14 bits per heavy atom. The van der Waals surface area contributed by atoms with E-state index in [2.05, 4.69) is 5.32 Å². The molecule has 0 spiro atoms. The third-order valence-electron chi connectivity index (χ3n) is 6.28. The molecule has 0 bridgehead atoms. The SMILES string of the molecule is O=C(Cc1ccccc1)NC(CC1CCCC1)C(=O)N1CCC2OCC(=O)C21. The number of likely N-dealkylation sites (tertiary alicyclic amines) is 1. The second-order valence-electron chi connectivity index (χ2n) is 8.25. The Morgan fingerprint density at radius 2 is 1.89 bits per heavy atom. The van der Waals surface area contributed by atoms with E-state index in [9.17, 15) is 14.4 Å². The molecule has 3 aliphatic rings. The van der Waals surface area contributed by atoms with E-state index in [0.717, 1.165) is 18.4 Å². The van der Waals surface area contributed by atoms with Gasteiger partial charge in [0.2, 0.25) is 11.8 Å². The molecule has 2 saturated heterocycles. The lowest BCUT2D eigenvalue weighted by Crippen LogP contribution is -2.53. The van der Waals surface area contributed by atoms with Crippen molar-refractivity contribution >= 4 is 17.6 Å². The van der Waals surface area contributed by atoms with Gasteiger partial charge in [0.1, 0.15) is 18.7 Å². The summed E-state index contributed by atoms with van der Waals surface area (Å²) in [5.41, 5.74) is 0.924. The lowest BCUT2D eigenvalue weighted by atomic mass is 9.96. The Kier molecular flexibility index (Phi) is 5.76. The van der Waals surface area contributed by atoms with Crippen LogP contribution in [0.5, 0.6) is 0 Å². The van der Waals surface area contributed by atoms with Gasteiger partial charge < -0.3 is 15.0 Å². The molecule has 28 heavy (non-hydrogen) atoms. The molecule has 1 N–H and O–H groups in total. The molecule has 2 amide bonds. The molecule has 1 aliphatic carbocycles. The molecule has 4 rings (SSSR count). The van der Waals surface area contributed by atoms with E-state index >= 15 is 0 Å². The Hall–Kier alpha value is -2.21. The van der Waals surface area contributed by atoms with Gasteiger partial charge in [0.15, 0.2) is 5.78 Å². The number of hydrogen-bond acceptors (Lipinski definition) is 4. The molecular formula is C22H28N2O4. The zero-order valence-corrected chi connectivity index (χ0v) is 16.1. The van der Waals surface area contributed by atoms with Crippen LogP contribution in [-0.2, 0) is 25.5 Å². The third kappa shape index (κ3) is 4.12.